The summed E-state index contributed by atoms with van der Waals surface area (Å²) in [6.45, 7) is 1.96. The molecule has 12 nitrogen and oxygen atoms in total. The molecule has 7 rings (SSSR count). The molecule has 192 valence electrons. The van der Waals surface area contributed by atoms with Gasteiger partial charge in [-0.1, -0.05) is 6.07 Å². The van der Waals surface area contributed by atoms with E-state index in [4.69, 9.17) is 5.73 Å². The van der Waals surface area contributed by atoms with Gasteiger partial charge < -0.3 is 25.8 Å². The third-order valence-corrected chi connectivity index (χ3v) is 9.09. The third kappa shape index (κ3) is 3.44. The smallest absolute Gasteiger partial charge is 0.333 e. The van der Waals surface area contributed by atoms with Gasteiger partial charge in [-0.05, 0) is 37.2 Å². The van der Waals surface area contributed by atoms with Crippen molar-refractivity contribution in [2.24, 2.45) is 24.6 Å². The molecule has 4 N–H and O–H groups in total. The van der Waals surface area contributed by atoms with Gasteiger partial charge in [0.2, 0.25) is 0 Å². The number of piperidine rings is 1. The van der Waals surface area contributed by atoms with Crippen LogP contribution in [0.1, 0.15) is 30.2 Å². The Labute approximate surface area is 215 Å². The van der Waals surface area contributed by atoms with Crippen LogP contribution in [-0.4, -0.2) is 42.7 Å². The zero-order valence-electron chi connectivity index (χ0n) is 20.3. The van der Waals surface area contributed by atoms with Gasteiger partial charge in [0.25, 0.3) is 11.5 Å². The second-order valence-corrected chi connectivity index (χ2v) is 11.3. The van der Waals surface area contributed by atoms with Crippen molar-refractivity contribution in [3.05, 3.63) is 62.3 Å². The number of thioether (sulfide) groups is 1. The lowest BCUT2D eigenvalue weighted by atomic mass is 10.2. The first kappa shape index (κ1) is 22.6. The van der Waals surface area contributed by atoms with Crippen LogP contribution in [0, 0.1) is 11.8 Å². The zero-order valence-corrected chi connectivity index (χ0v) is 21.1. The molecular formula is C24H27N9O3S. The van der Waals surface area contributed by atoms with Gasteiger partial charge in [-0.25, -0.2) is 19.3 Å². The van der Waals surface area contributed by atoms with Crippen LogP contribution >= 0.6 is 11.8 Å². The number of fused-ring (bicyclic) bond motifs is 2. The number of carbonyl (C=O) groups is 1. The third-order valence-electron chi connectivity index (χ3n) is 8.05. The summed E-state index contributed by atoms with van der Waals surface area (Å²) in [6.07, 6.45) is 5.84. The Hall–Kier alpha value is -3.58. The molecule has 2 aliphatic heterocycles. The molecule has 13 heteroatoms. The molecule has 3 fully saturated rings. The van der Waals surface area contributed by atoms with Crippen molar-refractivity contribution in [2.45, 2.75) is 36.8 Å². The fraction of sp³-hybridized carbons (Fsp3) is 0.458. The van der Waals surface area contributed by atoms with Crippen LogP contribution in [0.25, 0.3) is 11.2 Å². The largest absolute Gasteiger partial charge is 0.356 e. The molecule has 5 heterocycles. The summed E-state index contributed by atoms with van der Waals surface area (Å²) < 4.78 is 3.82. The van der Waals surface area contributed by atoms with E-state index in [2.05, 4.69) is 37.6 Å². The highest BCUT2D eigenvalue weighted by atomic mass is 32.2. The van der Waals surface area contributed by atoms with Crippen LogP contribution in [0.2, 0.25) is 0 Å². The van der Waals surface area contributed by atoms with Crippen molar-refractivity contribution >= 4 is 34.7 Å². The highest BCUT2D eigenvalue weighted by Crippen LogP contribution is 2.47. The number of hydrogen-bond acceptors (Lipinski definition) is 9. The maximum absolute atomic E-state index is 13.4. The molecule has 0 spiro atoms. The minimum absolute atomic E-state index is 0.0562. The molecule has 2 aliphatic carbocycles. The van der Waals surface area contributed by atoms with Gasteiger partial charge in [0, 0.05) is 37.3 Å². The molecule has 3 aromatic heterocycles. The summed E-state index contributed by atoms with van der Waals surface area (Å²) in [5.74, 6) is 3.10. The number of amides is 1. The van der Waals surface area contributed by atoms with Crippen molar-refractivity contribution < 1.29 is 4.79 Å². The molecule has 0 bridgehead atoms. The van der Waals surface area contributed by atoms with Crippen LogP contribution in [0.15, 0.2) is 45.5 Å². The molecule has 0 radical (unpaired) electrons. The summed E-state index contributed by atoms with van der Waals surface area (Å²) in [7, 11) is 1.53. The maximum Gasteiger partial charge on any atom is 0.333 e. The molecule has 3 unspecified atom stereocenters. The number of imidazole rings is 1. The molecule has 3 aromatic rings. The zero-order chi connectivity index (χ0) is 25.5. The van der Waals surface area contributed by atoms with Crippen LogP contribution in [0.4, 0.5) is 5.82 Å². The Kier molecular flexibility index (Phi) is 4.86. The normalized spacial score (nSPS) is 25.1. The molecule has 4 aliphatic rings. The Morgan fingerprint density at radius 2 is 2.03 bits per heavy atom. The van der Waals surface area contributed by atoms with E-state index in [-0.39, 0.29) is 29.1 Å². The van der Waals surface area contributed by atoms with E-state index in [1.807, 2.05) is 11.6 Å². The molecule has 1 amide bonds. The minimum atomic E-state index is -0.942. The van der Waals surface area contributed by atoms with Crippen LogP contribution in [0.3, 0.4) is 0 Å². The van der Waals surface area contributed by atoms with E-state index in [0.717, 1.165) is 40.9 Å². The van der Waals surface area contributed by atoms with E-state index in [0.29, 0.717) is 18.7 Å². The van der Waals surface area contributed by atoms with Crippen LogP contribution in [-0.2, 0) is 24.0 Å². The van der Waals surface area contributed by atoms with Gasteiger partial charge in [0.1, 0.15) is 22.6 Å². The number of rotatable bonds is 6. The fourth-order valence-corrected chi connectivity index (χ4v) is 6.48. The van der Waals surface area contributed by atoms with Crippen molar-refractivity contribution in [3.8, 4) is 0 Å². The number of nitrogens with two attached hydrogens (primary N) is 1. The average molecular weight is 522 g/mol. The van der Waals surface area contributed by atoms with E-state index in [1.165, 1.54) is 24.4 Å². The molecule has 0 aromatic carbocycles. The van der Waals surface area contributed by atoms with Crippen molar-refractivity contribution in [3.63, 3.8) is 0 Å². The number of pyridine rings is 1. The van der Waals surface area contributed by atoms with Gasteiger partial charge in [-0.2, -0.15) is 0 Å². The molecule has 3 atom stereocenters. The number of aryl methyl sites for hydroxylation is 1. The second kappa shape index (κ2) is 7.96. The lowest BCUT2D eigenvalue weighted by molar-refractivity contribution is -0.124. The number of nitrogens with one attached hydrogen (secondary N) is 2. The summed E-state index contributed by atoms with van der Waals surface area (Å²) in [5.41, 5.74) is 5.08. The molecule has 2 saturated carbocycles. The molecule has 37 heavy (non-hydrogen) atoms. The number of aromatic nitrogens is 5. The summed E-state index contributed by atoms with van der Waals surface area (Å²) in [5, 5.41) is 8.17. The molecule has 1 saturated heterocycles. The Morgan fingerprint density at radius 3 is 2.70 bits per heavy atom. The van der Waals surface area contributed by atoms with Gasteiger partial charge >= 0.3 is 5.69 Å². The monoisotopic (exact) mass is 521 g/mol. The summed E-state index contributed by atoms with van der Waals surface area (Å²) >= 11 is 1.57. The quantitative estimate of drug-likeness (QED) is 0.411. The number of anilines is 1. The lowest BCUT2D eigenvalue weighted by Crippen LogP contribution is -2.44. The Morgan fingerprint density at radius 1 is 1.24 bits per heavy atom. The van der Waals surface area contributed by atoms with Gasteiger partial charge in [-0.15, -0.1) is 11.8 Å². The first-order valence-corrected chi connectivity index (χ1v) is 13.4. The highest BCUT2D eigenvalue weighted by molar-refractivity contribution is 8.02. The van der Waals surface area contributed by atoms with Crippen molar-refractivity contribution in [1.29, 1.82) is 0 Å². The van der Waals surface area contributed by atoms with E-state index >= 15 is 0 Å². The summed E-state index contributed by atoms with van der Waals surface area (Å²) in [6, 6.07) is 4.16. The van der Waals surface area contributed by atoms with E-state index < -0.39 is 16.8 Å². The number of carbonyl (C=O) groups excluding carboxylic acids is 1. The highest BCUT2D eigenvalue weighted by Gasteiger charge is 2.53. The average Bonchev–Trinajstić information content (AvgIpc) is 3.67. The first-order chi connectivity index (χ1) is 17.9. The Bertz CT molecular complexity index is 1570. The minimum Gasteiger partial charge on any atom is -0.356 e. The van der Waals surface area contributed by atoms with Gasteiger partial charge in [-0.3, -0.25) is 14.2 Å². The Balaban J connectivity index is 1.07. The van der Waals surface area contributed by atoms with Crippen LogP contribution in [0.5, 0.6) is 0 Å². The van der Waals surface area contributed by atoms with Gasteiger partial charge in [0.15, 0.2) is 11.2 Å². The van der Waals surface area contributed by atoms with E-state index in [1.54, 1.807) is 16.3 Å². The standard InChI is InChI=1S/C24H27N9O3S/c1-30-19-18(21(34)32(11-25)23(30)36)33(12-27-19)24(4-5-24)22(35)29-16-10-37-20(28-16)13-2-3-17(26-7-13)31-8-14-6-15(14)9-31/h2-3,7,10,12,14-15,20,28H,4-6,8-9,11,25H2,1H3,(H,29,35). The van der Waals surface area contributed by atoms with Crippen molar-refractivity contribution in [2.75, 3.05) is 18.0 Å². The fourth-order valence-electron chi connectivity index (χ4n) is 5.59. The molecular weight excluding hydrogens is 494 g/mol. The van der Waals surface area contributed by atoms with E-state index in [9.17, 15) is 14.4 Å². The second-order valence-electron chi connectivity index (χ2n) is 10.3. The van der Waals surface area contributed by atoms with Gasteiger partial charge in [0.05, 0.1) is 13.0 Å². The first-order valence-electron chi connectivity index (χ1n) is 12.4. The van der Waals surface area contributed by atoms with Crippen LogP contribution < -0.4 is 32.5 Å². The summed E-state index contributed by atoms with van der Waals surface area (Å²) in [4.78, 5) is 50.2. The number of hydrogen-bond donors (Lipinski definition) is 3. The lowest BCUT2D eigenvalue weighted by Gasteiger charge is -2.21. The predicted octanol–water partition coefficient (Wildman–Crippen LogP) is 0.103. The maximum atomic E-state index is 13.4. The SMILES string of the molecule is Cn1c(=O)n(CN)c(=O)c2c1ncn2C1(C(=O)NC2=CSC(c3ccc(N4CC5CC5C4)nc3)N2)CC1. The number of nitrogens with zero attached hydrogens (tertiary/aromatic N) is 6. The predicted molar refractivity (Wildman–Crippen MR) is 138 cm³/mol. The van der Waals surface area contributed by atoms with Crippen molar-refractivity contribution in [1.82, 2.24) is 34.3 Å². The topological polar surface area (TPSA) is 145 Å².